The van der Waals surface area contributed by atoms with Crippen LogP contribution >= 0.6 is 0 Å². The summed E-state index contributed by atoms with van der Waals surface area (Å²) in [6.45, 7) is 2.69. The normalized spacial score (nSPS) is 23.8. The van der Waals surface area contributed by atoms with Gasteiger partial charge in [-0.15, -0.1) is 0 Å². The van der Waals surface area contributed by atoms with E-state index in [4.69, 9.17) is 5.73 Å². The quantitative estimate of drug-likeness (QED) is 0.456. The van der Waals surface area contributed by atoms with Crippen molar-refractivity contribution < 1.29 is 0 Å². The zero-order chi connectivity index (χ0) is 8.39. The highest BCUT2D eigenvalue weighted by Crippen LogP contribution is 2.15. The number of aliphatic imine (C=N–C) groups is 1. The third kappa shape index (κ3) is 1.30. The maximum Gasteiger partial charge on any atom is 0.125 e. The monoisotopic (exact) mass is 166 g/mol. The molecule has 0 spiro atoms. The van der Waals surface area contributed by atoms with Crippen molar-refractivity contribution in [3.8, 4) is 0 Å². The Morgan fingerprint density at radius 3 is 3.00 bits per heavy atom. The van der Waals surface area contributed by atoms with Crippen molar-refractivity contribution in [3.63, 3.8) is 0 Å². The maximum atomic E-state index is 5.78. The Morgan fingerprint density at radius 2 is 2.08 bits per heavy atom. The summed E-state index contributed by atoms with van der Waals surface area (Å²) in [4.78, 5) is 4.15. The van der Waals surface area contributed by atoms with Crippen LogP contribution in [0.2, 0.25) is 0 Å². The molecule has 2 aliphatic rings. The van der Waals surface area contributed by atoms with Gasteiger partial charge in [-0.25, -0.2) is 4.99 Å². The Labute approximate surface area is 71.9 Å². The van der Waals surface area contributed by atoms with E-state index >= 15 is 0 Å². The molecule has 0 saturated heterocycles. The van der Waals surface area contributed by atoms with Crippen LogP contribution in [-0.2, 0) is 0 Å². The molecule has 2 heterocycles. The Balaban J connectivity index is 2.25. The molecule has 4 N–H and O–H groups in total. The van der Waals surface area contributed by atoms with E-state index in [2.05, 4.69) is 15.6 Å². The van der Waals surface area contributed by atoms with E-state index in [-0.39, 0.29) is 0 Å². The highest BCUT2D eigenvalue weighted by molar-refractivity contribution is 5.98. The largest absolute Gasteiger partial charge is 0.384 e. The van der Waals surface area contributed by atoms with E-state index in [9.17, 15) is 0 Å². The lowest BCUT2D eigenvalue weighted by atomic mass is 10.1. The van der Waals surface area contributed by atoms with Gasteiger partial charge in [-0.2, -0.15) is 0 Å². The van der Waals surface area contributed by atoms with Gasteiger partial charge in [-0.3, -0.25) is 0 Å². The molecule has 66 valence electrons. The highest BCUT2D eigenvalue weighted by Gasteiger charge is 2.16. The van der Waals surface area contributed by atoms with E-state index in [1.165, 1.54) is 11.3 Å². The first-order valence-corrected chi connectivity index (χ1v) is 4.35. The lowest BCUT2D eigenvalue weighted by Gasteiger charge is -2.17. The minimum atomic E-state index is 0.644. The lowest BCUT2D eigenvalue weighted by molar-refractivity contribution is 0.689. The Hall–Kier alpha value is -1.03. The number of nitrogens with zero attached hydrogens (tertiary/aromatic N) is 1. The first-order valence-electron chi connectivity index (χ1n) is 4.35. The fourth-order valence-electron chi connectivity index (χ4n) is 1.65. The third-order valence-corrected chi connectivity index (χ3v) is 2.32. The maximum absolute atomic E-state index is 5.78. The van der Waals surface area contributed by atoms with Crippen LogP contribution < -0.4 is 16.4 Å². The Bertz CT molecular complexity index is 241. The van der Waals surface area contributed by atoms with Gasteiger partial charge < -0.3 is 16.4 Å². The molecule has 0 aromatic heterocycles. The summed E-state index contributed by atoms with van der Waals surface area (Å²) in [5, 5.41) is 6.60. The topological polar surface area (TPSA) is 62.4 Å². The minimum Gasteiger partial charge on any atom is -0.384 e. The van der Waals surface area contributed by atoms with E-state index in [1.54, 1.807) is 0 Å². The van der Waals surface area contributed by atoms with Gasteiger partial charge in [0.25, 0.3) is 0 Å². The van der Waals surface area contributed by atoms with Gasteiger partial charge in [0, 0.05) is 24.2 Å². The molecule has 4 heteroatoms. The second-order valence-electron chi connectivity index (χ2n) is 3.09. The zero-order valence-corrected chi connectivity index (χ0v) is 7.06. The second kappa shape index (κ2) is 3.15. The number of nitrogens with two attached hydrogens (primary N) is 1. The molecule has 0 atom stereocenters. The van der Waals surface area contributed by atoms with Crippen LogP contribution in [0.5, 0.6) is 0 Å². The fourth-order valence-corrected chi connectivity index (χ4v) is 1.65. The molecule has 0 aromatic carbocycles. The molecule has 0 bridgehead atoms. The number of hydrogen-bond donors (Lipinski definition) is 3. The van der Waals surface area contributed by atoms with Crippen molar-refractivity contribution in [2.24, 2.45) is 10.7 Å². The summed E-state index contributed by atoms with van der Waals surface area (Å²) in [5.74, 6) is 0.729. The van der Waals surface area contributed by atoms with Gasteiger partial charge in [0.2, 0.25) is 0 Å². The fraction of sp³-hybridized carbons (Fsp3) is 0.625. The smallest absolute Gasteiger partial charge is 0.125 e. The summed E-state index contributed by atoms with van der Waals surface area (Å²) >= 11 is 0. The number of amidine groups is 1. The zero-order valence-electron chi connectivity index (χ0n) is 7.06. The van der Waals surface area contributed by atoms with Gasteiger partial charge >= 0.3 is 0 Å². The van der Waals surface area contributed by atoms with Crippen LogP contribution in [0.15, 0.2) is 16.3 Å². The van der Waals surface area contributed by atoms with Crippen molar-refractivity contribution in [1.82, 2.24) is 10.6 Å². The van der Waals surface area contributed by atoms with Crippen LogP contribution in [0.4, 0.5) is 0 Å². The third-order valence-electron chi connectivity index (χ3n) is 2.32. The first kappa shape index (κ1) is 7.61. The van der Waals surface area contributed by atoms with Gasteiger partial charge in [0.15, 0.2) is 0 Å². The highest BCUT2D eigenvalue weighted by atomic mass is 15.1. The van der Waals surface area contributed by atoms with Crippen molar-refractivity contribution >= 4 is 5.84 Å². The molecule has 4 nitrogen and oxygen atoms in total. The lowest BCUT2D eigenvalue weighted by Crippen LogP contribution is -2.29. The summed E-state index contributed by atoms with van der Waals surface area (Å²) < 4.78 is 0. The molecule has 0 radical (unpaired) electrons. The molecule has 2 aliphatic heterocycles. The minimum absolute atomic E-state index is 0.644. The second-order valence-corrected chi connectivity index (χ2v) is 3.09. The standard InChI is InChI=1S/C8H14N4/c9-8-6-1-3-10-4-2-7(6)11-5-12-8/h10-11H,1-5H2,(H2,9,12). The van der Waals surface area contributed by atoms with Gasteiger partial charge in [-0.1, -0.05) is 0 Å². The molecule has 0 aromatic rings. The SMILES string of the molecule is NC1=NCNC2=C1CCNCC2. The summed E-state index contributed by atoms with van der Waals surface area (Å²) in [5.41, 5.74) is 8.28. The van der Waals surface area contributed by atoms with Gasteiger partial charge in [0.1, 0.15) is 12.5 Å². The van der Waals surface area contributed by atoms with Crippen LogP contribution in [0.1, 0.15) is 12.8 Å². The molecule has 0 saturated carbocycles. The van der Waals surface area contributed by atoms with Crippen molar-refractivity contribution in [2.45, 2.75) is 12.8 Å². The Morgan fingerprint density at radius 1 is 1.25 bits per heavy atom. The molecule has 2 rings (SSSR count). The van der Waals surface area contributed by atoms with E-state index in [0.717, 1.165) is 31.8 Å². The summed E-state index contributed by atoms with van der Waals surface area (Å²) in [6, 6.07) is 0. The van der Waals surface area contributed by atoms with E-state index in [1.807, 2.05) is 0 Å². The molecule has 0 amide bonds. The molecular formula is C8H14N4. The average Bonchev–Trinajstić information content (AvgIpc) is 2.30. The molecular weight excluding hydrogens is 152 g/mol. The Kier molecular flexibility index (Phi) is 1.99. The number of hydrogen-bond acceptors (Lipinski definition) is 4. The first-order chi connectivity index (χ1) is 5.88. The molecule has 0 aliphatic carbocycles. The van der Waals surface area contributed by atoms with Crippen LogP contribution in [-0.4, -0.2) is 25.6 Å². The predicted octanol–water partition coefficient (Wildman–Crippen LogP) is -0.458. The van der Waals surface area contributed by atoms with Gasteiger partial charge in [-0.05, 0) is 13.0 Å². The van der Waals surface area contributed by atoms with E-state index in [0.29, 0.717) is 6.67 Å². The molecule has 0 fully saturated rings. The van der Waals surface area contributed by atoms with Crippen LogP contribution in [0.25, 0.3) is 0 Å². The van der Waals surface area contributed by atoms with E-state index < -0.39 is 0 Å². The van der Waals surface area contributed by atoms with Crippen LogP contribution in [0.3, 0.4) is 0 Å². The summed E-state index contributed by atoms with van der Waals surface area (Å²) in [7, 11) is 0. The average molecular weight is 166 g/mol. The summed E-state index contributed by atoms with van der Waals surface area (Å²) in [6.07, 6.45) is 2.04. The van der Waals surface area contributed by atoms with Crippen LogP contribution in [0, 0.1) is 0 Å². The number of nitrogens with one attached hydrogen (secondary N) is 2. The predicted molar refractivity (Wildman–Crippen MR) is 48.8 cm³/mol. The van der Waals surface area contributed by atoms with Crippen molar-refractivity contribution in [2.75, 3.05) is 19.8 Å². The molecule has 0 unspecified atom stereocenters. The van der Waals surface area contributed by atoms with Crippen molar-refractivity contribution in [3.05, 3.63) is 11.3 Å². The van der Waals surface area contributed by atoms with Gasteiger partial charge in [0.05, 0.1) is 0 Å². The van der Waals surface area contributed by atoms with Crippen molar-refractivity contribution in [1.29, 1.82) is 0 Å². The number of rotatable bonds is 0. The molecule has 12 heavy (non-hydrogen) atoms.